The second-order valence-electron chi connectivity index (χ2n) is 4.28. The van der Waals surface area contributed by atoms with Crippen molar-refractivity contribution in [3.05, 3.63) is 40.6 Å². The van der Waals surface area contributed by atoms with E-state index in [0.29, 0.717) is 16.7 Å². The van der Waals surface area contributed by atoms with Gasteiger partial charge in [0.15, 0.2) is 0 Å². The maximum absolute atomic E-state index is 13.6. The summed E-state index contributed by atoms with van der Waals surface area (Å²) in [7, 11) is 0. The van der Waals surface area contributed by atoms with E-state index in [9.17, 15) is 4.39 Å². The SMILES string of the molecule is Nc1cc(Br)c(F)cc1N1CCn2ccnc2C1. The monoisotopic (exact) mass is 310 g/mol. The minimum atomic E-state index is -0.298. The van der Waals surface area contributed by atoms with Crippen LogP contribution in [0.3, 0.4) is 0 Å². The van der Waals surface area contributed by atoms with Gasteiger partial charge in [0.25, 0.3) is 0 Å². The van der Waals surface area contributed by atoms with Gasteiger partial charge >= 0.3 is 0 Å². The lowest BCUT2D eigenvalue weighted by molar-refractivity contribution is 0.557. The highest BCUT2D eigenvalue weighted by molar-refractivity contribution is 9.10. The van der Waals surface area contributed by atoms with Crippen molar-refractivity contribution in [1.29, 1.82) is 0 Å². The van der Waals surface area contributed by atoms with Gasteiger partial charge in [0.2, 0.25) is 0 Å². The Hall–Kier alpha value is -1.56. The lowest BCUT2D eigenvalue weighted by atomic mass is 10.2. The molecule has 0 saturated heterocycles. The van der Waals surface area contributed by atoms with Crippen LogP contribution in [0.1, 0.15) is 5.82 Å². The topological polar surface area (TPSA) is 47.1 Å². The fraction of sp³-hybridized carbons (Fsp3) is 0.250. The third kappa shape index (κ3) is 1.86. The van der Waals surface area contributed by atoms with E-state index in [1.807, 2.05) is 11.1 Å². The Morgan fingerprint density at radius 3 is 3.00 bits per heavy atom. The predicted molar refractivity (Wildman–Crippen MR) is 71.8 cm³/mol. The molecule has 18 heavy (non-hydrogen) atoms. The normalized spacial score (nSPS) is 14.7. The molecule has 94 valence electrons. The molecule has 6 heteroatoms. The van der Waals surface area contributed by atoms with Gasteiger partial charge in [-0.25, -0.2) is 9.37 Å². The third-order valence-electron chi connectivity index (χ3n) is 3.16. The molecule has 2 aromatic rings. The fourth-order valence-corrected chi connectivity index (χ4v) is 2.57. The number of benzene rings is 1. The first kappa shape index (κ1) is 11.5. The summed E-state index contributed by atoms with van der Waals surface area (Å²) < 4.78 is 16.1. The summed E-state index contributed by atoms with van der Waals surface area (Å²) in [5.74, 6) is 0.678. The summed E-state index contributed by atoms with van der Waals surface area (Å²) in [6.45, 7) is 2.29. The van der Waals surface area contributed by atoms with E-state index in [1.165, 1.54) is 6.07 Å². The van der Waals surface area contributed by atoms with Crippen LogP contribution in [0.25, 0.3) is 0 Å². The van der Waals surface area contributed by atoms with Crippen molar-refractivity contribution in [2.24, 2.45) is 0 Å². The molecule has 0 spiro atoms. The zero-order valence-corrected chi connectivity index (χ0v) is 11.2. The van der Waals surface area contributed by atoms with Crippen LogP contribution in [-0.4, -0.2) is 16.1 Å². The van der Waals surface area contributed by atoms with Crippen molar-refractivity contribution >= 4 is 27.3 Å². The lowest BCUT2D eigenvalue weighted by Gasteiger charge is -2.30. The first-order valence-corrected chi connectivity index (χ1v) is 6.44. The zero-order chi connectivity index (χ0) is 12.7. The Morgan fingerprint density at radius 2 is 2.17 bits per heavy atom. The van der Waals surface area contributed by atoms with E-state index in [-0.39, 0.29) is 5.82 Å². The highest BCUT2D eigenvalue weighted by atomic mass is 79.9. The molecule has 0 bridgehead atoms. The molecule has 0 radical (unpaired) electrons. The van der Waals surface area contributed by atoms with E-state index in [4.69, 9.17) is 5.73 Å². The number of nitrogen functional groups attached to an aromatic ring is 1. The summed E-state index contributed by atoms with van der Waals surface area (Å²) in [6, 6.07) is 3.07. The highest BCUT2D eigenvalue weighted by Gasteiger charge is 2.19. The highest BCUT2D eigenvalue weighted by Crippen LogP contribution is 2.31. The number of hydrogen-bond donors (Lipinski definition) is 1. The van der Waals surface area contributed by atoms with Gasteiger partial charge < -0.3 is 15.2 Å². The average molecular weight is 311 g/mol. The number of halogens is 2. The van der Waals surface area contributed by atoms with Crippen molar-refractivity contribution in [3.8, 4) is 0 Å². The molecule has 0 fully saturated rings. The molecule has 2 N–H and O–H groups in total. The summed E-state index contributed by atoms with van der Waals surface area (Å²) in [5, 5.41) is 0. The van der Waals surface area contributed by atoms with Crippen LogP contribution in [0.5, 0.6) is 0 Å². The second kappa shape index (κ2) is 4.28. The van der Waals surface area contributed by atoms with E-state index in [2.05, 4.69) is 25.5 Å². The van der Waals surface area contributed by atoms with Gasteiger partial charge in [0.05, 0.1) is 22.4 Å². The molecule has 0 saturated carbocycles. The summed E-state index contributed by atoms with van der Waals surface area (Å²) in [6.07, 6.45) is 3.74. The van der Waals surface area contributed by atoms with Crippen molar-refractivity contribution in [2.45, 2.75) is 13.1 Å². The Balaban J connectivity index is 1.95. The maximum atomic E-state index is 13.6. The van der Waals surface area contributed by atoms with Gasteiger partial charge in [0, 0.05) is 31.5 Å². The van der Waals surface area contributed by atoms with E-state index in [1.54, 1.807) is 12.3 Å². The third-order valence-corrected chi connectivity index (χ3v) is 3.76. The number of nitrogens with two attached hydrogens (primary N) is 1. The molecular formula is C12H12BrFN4. The van der Waals surface area contributed by atoms with Crippen molar-refractivity contribution < 1.29 is 4.39 Å². The fourth-order valence-electron chi connectivity index (χ4n) is 2.20. The largest absolute Gasteiger partial charge is 0.397 e. The lowest BCUT2D eigenvalue weighted by Crippen LogP contribution is -2.34. The smallest absolute Gasteiger partial charge is 0.139 e. The van der Waals surface area contributed by atoms with Crippen molar-refractivity contribution in [1.82, 2.24) is 9.55 Å². The second-order valence-corrected chi connectivity index (χ2v) is 5.14. The first-order valence-electron chi connectivity index (χ1n) is 5.64. The van der Waals surface area contributed by atoms with Crippen molar-refractivity contribution in [2.75, 3.05) is 17.2 Å². The molecule has 1 aliphatic rings. The van der Waals surface area contributed by atoms with Gasteiger partial charge in [-0.15, -0.1) is 0 Å². The number of hydrogen-bond acceptors (Lipinski definition) is 3. The van der Waals surface area contributed by atoms with E-state index in [0.717, 1.165) is 24.6 Å². The van der Waals surface area contributed by atoms with Crippen molar-refractivity contribution in [3.63, 3.8) is 0 Å². The standard InChI is InChI=1S/C12H12BrFN4/c13-8-5-10(15)11(6-9(8)14)18-4-3-17-2-1-16-12(17)7-18/h1-2,5-6H,3-4,7,15H2. The molecule has 4 nitrogen and oxygen atoms in total. The molecule has 0 unspecified atom stereocenters. The number of rotatable bonds is 1. The molecule has 2 heterocycles. The molecule has 1 aromatic heterocycles. The summed E-state index contributed by atoms with van der Waals surface area (Å²) in [5.41, 5.74) is 7.25. The maximum Gasteiger partial charge on any atom is 0.139 e. The summed E-state index contributed by atoms with van der Waals surface area (Å²) in [4.78, 5) is 6.33. The van der Waals surface area contributed by atoms with Crippen LogP contribution in [0.15, 0.2) is 29.0 Å². The molecule has 1 aromatic carbocycles. The number of nitrogens with zero attached hydrogens (tertiary/aromatic N) is 3. The molecule has 1 aliphatic heterocycles. The van der Waals surface area contributed by atoms with Crippen LogP contribution >= 0.6 is 15.9 Å². The quantitative estimate of drug-likeness (QED) is 0.823. The Labute approximate surface area is 112 Å². The van der Waals surface area contributed by atoms with Crippen LogP contribution in [-0.2, 0) is 13.1 Å². The average Bonchev–Trinajstić information content (AvgIpc) is 2.80. The van der Waals surface area contributed by atoms with Crippen LogP contribution < -0.4 is 10.6 Å². The van der Waals surface area contributed by atoms with Crippen LogP contribution in [0.4, 0.5) is 15.8 Å². The van der Waals surface area contributed by atoms with Gasteiger partial charge in [-0.2, -0.15) is 0 Å². The molecule has 0 aliphatic carbocycles. The minimum absolute atomic E-state index is 0.298. The van der Waals surface area contributed by atoms with Crippen LogP contribution in [0, 0.1) is 5.82 Å². The number of imidazole rings is 1. The van der Waals surface area contributed by atoms with Gasteiger partial charge in [0.1, 0.15) is 11.6 Å². The van der Waals surface area contributed by atoms with Gasteiger partial charge in [-0.3, -0.25) is 0 Å². The van der Waals surface area contributed by atoms with Crippen LogP contribution in [0.2, 0.25) is 0 Å². The number of fused-ring (bicyclic) bond motifs is 1. The molecule has 3 rings (SSSR count). The number of anilines is 2. The Kier molecular flexibility index (Phi) is 2.74. The molecule has 0 atom stereocenters. The van der Waals surface area contributed by atoms with E-state index < -0.39 is 0 Å². The predicted octanol–water partition coefficient (Wildman–Crippen LogP) is 2.39. The molecular weight excluding hydrogens is 299 g/mol. The minimum Gasteiger partial charge on any atom is -0.397 e. The number of aromatic nitrogens is 2. The van der Waals surface area contributed by atoms with E-state index >= 15 is 0 Å². The van der Waals surface area contributed by atoms with Gasteiger partial charge in [-0.1, -0.05) is 0 Å². The Morgan fingerprint density at radius 1 is 1.33 bits per heavy atom. The zero-order valence-electron chi connectivity index (χ0n) is 9.61. The van der Waals surface area contributed by atoms with Gasteiger partial charge in [-0.05, 0) is 22.0 Å². The molecule has 0 amide bonds. The summed E-state index contributed by atoms with van der Waals surface area (Å²) >= 11 is 3.13. The first-order chi connectivity index (χ1) is 8.65. The Bertz CT molecular complexity index is 596.